The first-order valence-corrected chi connectivity index (χ1v) is 8.06. The maximum absolute atomic E-state index is 10.5. The molecule has 0 aliphatic heterocycles. The molecule has 0 aromatic carbocycles. The number of thiol groups is 1. The van der Waals surface area contributed by atoms with Crippen LogP contribution in [0.15, 0.2) is 0 Å². The number of hydrogen-bond donors (Lipinski definition) is 2. The van der Waals surface area contributed by atoms with Gasteiger partial charge in [-0.05, 0) is 5.75 Å². The molecule has 0 aliphatic carbocycles. The number of hydrogen-bond acceptors (Lipinski definition) is 3. The van der Waals surface area contributed by atoms with Crippen molar-refractivity contribution in [2.45, 2.75) is 13.8 Å². The predicted octanol–water partition coefficient (Wildman–Crippen LogP) is 0.181. The van der Waals surface area contributed by atoms with E-state index in [2.05, 4.69) is 0 Å². The van der Waals surface area contributed by atoms with Crippen LogP contribution in [0.5, 0.6) is 0 Å². The quantitative estimate of drug-likeness (QED) is 0.324. The van der Waals surface area contributed by atoms with E-state index in [1.54, 1.807) is 6.92 Å². The summed E-state index contributed by atoms with van der Waals surface area (Å²) in [5.41, 5.74) is 0. The van der Waals surface area contributed by atoms with Gasteiger partial charge in [-0.3, -0.25) is 4.55 Å². The van der Waals surface area contributed by atoms with Gasteiger partial charge in [0.05, 0.1) is 0 Å². The zero-order valence-electron chi connectivity index (χ0n) is 5.94. The maximum atomic E-state index is 10.5. The molecule has 1 atom stereocenters. The van der Waals surface area contributed by atoms with E-state index in [-0.39, 0.29) is 59.1 Å². The second kappa shape index (κ2) is 10.1. The molecular formula is C4H14Na2O3S3. The summed E-state index contributed by atoms with van der Waals surface area (Å²) in [7, 11) is -3.69. The van der Waals surface area contributed by atoms with Gasteiger partial charge < -0.3 is 0 Å². The molecule has 1 unspecified atom stereocenters. The van der Waals surface area contributed by atoms with E-state index in [0.29, 0.717) is 5.75 Å². The van der Waals surface area contributed by atoms with Crippen molar-refractivity contribution in [2.24, 2.45) is 0 Å². The fourth-order valence-electron chi connectivity index (χ4n) is 0.465. The summed E-state index contributed by atoms with van der Waals surface area (Å²) in [5.74, 6) is 1.26. The summed E-state index contributed by atoms with van der Waals surface area (Å²) < 4.78 is 29.6. The summed E-state index contributed by atoms with van der Waals surface area (Å²) in [6, 6.07) is 0. The average molecular weight is 252 g/mol. The van der Waals surface area contributed by atoms with E-state index in [1.165, 1.54) is 10.8 Å². The third-order valence-corrected chi connectivity index (χ3v) is 9.74. The van der Waals surface area contributed by atoms with Crippen molar-refractivity contribution >= 4 is 88.0 Å². The van der Waals surface area contributed by atoms with Crippen LogP contribution in [0.25, 0.3) is 0 Å². The van der Waals surface area contributed by atoms with Crippen molar-refractivity contribution < 1.29 is 13.0 Å². The van der Waals surface area contributed by atoms with E-state index >= 15 is 0 Å². The van der Waals surface area contributed by atoms with Gasteiger partial charge in [0, 0.05) is 5.75 Å². The average Bonchev–Trinajstić information content (AvgIpc) is 1.80. The molecule has 0 bridgehead atoms. The molecule has 0 saturated heterocycles. The van der Waals surface area contributed by atoms with E-state index in [1.807, 2.05) is 6.92 Å². The Bertz CT molecular complexity index is 182. The van der Waals surface area contributed by atoms with Gasteiger partial charge in [0.2, 0.25) is 0 Å². The molecule has 0 rings (SSSR count). The van der Waals surface area contributed by atoms with Crippen LogP contribution < -0.4 is 0 Å². The van der Waals surface area contributed by atoms with Gasteiger partial charge in [-0.2, -0.15) is 8.42 Å². The molecule has 0 saturated carbocycles. The van der Waals surface area contributed by atoms with Gasteiger partial charge in [-0.1, -0.05) is 22.8 Å². The topological polar surface area (TPSA) is 54.4 Å². The molecule has 0 amide bonds. The standard InChI is InChI=1S/C4H12O3S3.2Na.2H/c1-3-8-9(4-2)10(5,6)7;;;;/h9H,3-4H2,1-2H3,(H,5,6,7);;;;. The third kappa shape index (κ3) is 9.18. The first-order valence-electron chi connectivity index (χ1n) is 2.90. The molecule has 0 aromatic rings. The molecular weight excluding hydrogens is 238 g/mol. The van der Waals surface area contributed by atoms with Crippen LogP contribution in [0.3, 0.4) is 0 Å². The van der Waals surface area contributed by atoms with E-state index in [9.17, 15) is 8.42 Å². The minimum atomic E-state index is -3.75. The Balaban J connectivity index is -0.000000405. The molecule has 1 N–H and O–H groups in total. The number of rotatable bonds is 4. The fraction of sp³-hybridized carbons (Fsp3) is 1.00. The van der Waals surface area contributed by atoms with Crippen LogP contribution in [0.1, 0.15) is 13.8 Å². The zero-order valence-corrected chi connectivity index (χ0v) is 8.47. The summed E-state index contributed by atoms with van der Waals surface area (Å²) in [6.07, 6.45) is 0. The summed E-state index contributed by atoms with van der Waals surface area (Å²) in [5, 5.41) is 0. The van der Waals surface area contributed by atoms with E-state index in [4.69, 9.17) is 4.55 Å². The Morgan fingerprint density at radius 1 is 1.33 bits per heavy atom. The summed E-state index contributed by atoms with van der Waals surface area (Å²) in [4.78, 5) is 0. The van der Waals surface area contributed by atoms with Crippen molar-refractivity contribution in [1.29, 1.82) is 0 Å². The van der Waals surface area contributed by atoms with Crippen molar-refractivity contribution in [2.75, 3.05) is 11.5 Å². The van der Waals surface area contributed by atoms with Crippen molar-refractivity contribution in [3.05, 3.63) is 0 Å². The molecule has 8 heteroatoms. The molecule has 0 aromatic heterocycles. The normalized spacial score (nSPS) is 14.1. The second-order valence-corrected chi connectivity index (χ2v) is 10.0. The Hall–Kier alpha value is 2.61. The van der Waals surface area contributed by atoms with Gasteiger partial charge in [-0.15, -0.1) is 10.8 Å². The molecule has 12 heavy (non-hydrogen) atoms. The fourth-order valence-corrected chi connectivity index (χ4v) is 6.33. The summed E-state index contributed by atoms with van der Waals surface area (Å²) in [6.45, 7) is 3.64. The van der Waals surface area contributed by atoms with Crippen LogP contribution in [0.2, 0.25) is 0 Å². The second-order valence-electron chi connectivity index (χ2n) is 1.51. The van der Waals surface area contributed by atoms with Gasteiger partial charge in [-0.25, -0.2) is 0 Å². The Morgan fingerprint density at radius 2 is 1.75 bits per heavy atom. The third-order valence-electron chi connectivity index (χ3n) is 0.789. The monoisotopic (exact) mass is 252 g/mol. The van der Waals surface area contributed by atoms with Crippen LogP contribution in [-0.2, 0) is 9.15 Å². The van der Waals surface area contributed by atoms with Gasteiger partial charge >= 0.3 is 68.3 Å². The summed E-state index contributed by atoms with van der Waals surface area (Å²) >= 11 is 0. The first kappa shape index (κ1) is 20.1. The molecule has 3 nitrogen and oxygen atoms in total. The predicted molar refractivity (Wildman–Crippen MR) is 63.5 cm³/mol. The van der Waals surface area contributed by atoms with E-state index < -0.39 is 18.1 Å². The van der Waals surface area contributed by atoms with E-state index in [0.717, 1.165) is 5.75 Å². The van der Waals surface area contributed by atoms with Crippen molar-refractivity contribution in [3.8, 4) is 0 Å². The van der Waals surface area contributed by atoms with Crippen molar-refractivity contribution in [1.82, 2.24) is 0 Å². The molecule has 0 heterocycles. The molecule has 0 aliphatic rings. The zero-order chi connectivity index (χ0) is 8.20. The molecule has 68 valence electrons. The molecule has 0 radical (unpaired) electrons. The Morgan fingerprint density at radius 3 is 1.83 bits per heavy atom. The SMILES string of the molecule is CCS[SH](CC)S(=O)(=O)O.[NaH].[NaH]. The van der Waals surface area contributed by atoms with Crippen LogP contribution in [0.4, 0.5) is 0 Å². The molecule has 0 fully saturated rings. The molecule has 0 spiro atoms. The van der Waals surface area contributed by atoms with Crippen LogP contribution >= 0.6 is 19.8 Å². The Kier molecular flexibility index (Phi) is 17.0. The first-order chi connectivity index (χ1) is 4.52. The van der Waals surface area contributed by atoms with Gasteiger partial charge in [0.25, 0.3) is 0 Å². The van der Waals surface area contributed by atoms with Crippen molar-refractivity contribution in [3.63, 3.8) is 0 Å². The Labute approximate surface area is 124 Å². The van der Waals surface area contributed by atoms with Gasteiger partial charge in [0.15, 0.2) is 0 Å². The van der Waals surface area contributed by atoms with Crippen LogP contribution in [-0.4, -0.2) is 83.6 Å². The van der Waals surface area contributed by atoms with Crippen LogP contribution in [0, 0.1) is 0 Å². The minimum absolute atomic E-state index is 0. The van der Waals surface area contributed by atoms with Gasteiger partial charge in [0.1, 0.15) is 0 Å².